The Balaban J connectivity index is 2.52. The molecule has 9 atom stereocenters. The molecule has 0 aromatic carbocycles. The minimum atomic E-state index is 0.213. The lowest BCUT2D eigenvalue weighted by Crippen LogP contribution is -2.33. The van der Waals surface area contributed by atoms with E-state index in [0.29, 0.717) is 48.0 Å². The van der Waals surface area contributed by atoms with Crippen LogP contribution in [0.1, 0.15) is 138 Å². The van der Waals surface area contributed by atoms with Gasteiger partial charge in [-0.15, -0.1) is 12.3 Å². The topological polar surface area (TPSA) is 20.2 Å². The van der Waals surface area contributed by atoms with Crippen molar-refractivity contribution in [3.8, 4) is 0 Å². The maximum absolute atomic E-state index is 10.8. The summed E-state index contributed by atoms with van der Waals surface area (Å²) in [6.07, 6.45) is 21.7. The van der Waals surface area contributed by atoms with Crippen LogP contribution in [0.4, 0.5) is 0 Å². The van der Waals surface area contributed by atoms with Crippen LogP contribution >= 0.6 is 0 Å². The number of aliphatic hydroxyl groups is 1. The molecule has 0 spiro atoms. The summed E-state index contributed by atoms with van der Waals surface area (Å²) in [5.41, 5.74) is 5.13. The molecule has 2 aliphatic carbocycles. The highest BCUT2D eigenvalue weighted by atomic mass is 16.3. The summed E-state index contributed by atoms with van der Waals surface area (Å²) >= 11 is 0. The van der Waals surface area contributed by atoms with Gasteiger partial charge >= 0.3 is 0 Å². The van der Waals surface area contributed by atoms with E-state index >= 15 is 0 Å². The normalized spacial score (nSPS) is 32.9. The average molecular weight is 513 g/mol. The van der Waals surface area contributed by atoms with Crippen LogP contribution in [-0.2, 0) is 0 Å². The fourth-order valence-electron chi connectivity index (χ4n) is 8.77. The van der Waals surface area contributed by atoms with Crippen molar-refractivity contribution in [2.45, 2.75) is 138 Å². The molecule has 0 radical (unpaired) electrons. The highest BCUT2D eigenvalue weighted by Crippen LogP contribution is 2.50. The molecule has 0 aromatic heterocycles. The molecule has 37 heavy (non-hydrogen) atoms. The SMILES string of the molecule is C=C=C(CC1CCC(C(C)(C=C)CCC)C2CCCCCCC(C)C1C(CO)CC2)C(C)C(C)CCC. The fraction of sp³-hybridized carbons (Fsp3) is 0.861. The minimum absolute atomic E-state index is 0.213. The Labute approximate surface area is 232 Å². The van der Waals surface area contributed by atoms with Gasteiger partial charge in [-0.05, 0) is 96.9 Å². The molecular formula is C36H64O. The number of hydrogen-bond acceptors (Lipinski definition) is 1. The largest absolute Gasteiger partial charge is 0.396 e. The van der Waals surface area contributed by atoms with E-state index in [0.717, 1.165) is 12.3 Å². The van der Waals surface area contributed by atoms with Crippen LogP contribution in [0.25, 0.3) is 0 Å². The van der Waals surface area contributed by atoms with Crippen molar-refractivity contribution < 1.29 is 5.11 Å². The van der Waals surface area contributed by atoms with Crippen molar-refractivity contribution in [1.29, 1.82) is 0 Å². The lowest BCUT2D eigenvalue weighted by molar-refractivity contribution is 0.0760. The zero-order valence-electron chi connectivity index (χ0n) is 25.9. The molecule has 1 heteroatoms. The van der Waals surface area contributed by atoms with Crippen molar-refractivity contribution >= 4 is 0 Å². The second-order valence-corrected chi connectivity index (χ2v) is 13.7. The quantitative estimate of drug-likeness (QED) is 0.215. The second-order valence-electron chi connectivity index (χ2n) is 13.7. The van der Waals surface area contributed by atoms with Crippen LogP contribution in [0.5, 0.6) is 0 Å². The smallest absolute Gasteiger partial charge is 0.0462 e. The van der Waals surface area contributed by atoms with Gasteiger partial charge in [0.1, 0.15) is 0 Å². The van der Waals surface area contributed by atoms with Crippen molar-refractivity contribution in [3.63, 3.8) is 0 Å². The molecule has 0 aromatic rings. The molecular weight excluding hydrogens is 448 g/mol. The van der Waals surface area contributed by atoms with Gasteiger partial charge in [-0.25, -0.2) is 0 Å². The van der Waals surface area contributed by atoms with Crippen LogP contribution in [0, 0.1) is 52.8 Å². The third kappa shape index (κ3) is 8.86. The van der Waals surface area contributed by atoms with Crippen LogP contribution in [0.2, 0.25) is 0 Å². The first-order valence-electron chi connectivity index (χ1n) is 16.4. The highest BCUT2D eigenvalue weighted by Gasteiger charge is 2.41. The number of aliphatic hydroxyl groups excluding tert-OH is 1. The van der Waals surface area contributed by atoms with E-state index in [1.54, 1.807) is 0 Å². The standard InChI is InChI=1S/C36H64O/c1-9-17-27(5)29(7)30(11-3)25-32-22-23-34(36(8,12-4)24-10-2)31-19-16-14-13-15-18-28(6)35(32)33(26-37)21-20-31/h12,27-29,31-35,37H,3-4,9-10,13-26H2,1-2,5-8H3. The van der Waals surface area contributed by atoms with Gasteiger partial charge in [0.15, 0.2) is 0 Å². The molecule has 2 fully saturated rings. The molecule has 0 aliphatic heterocycles. The number of hydrogen-bond donors (Lipinski definition) is 1. The van der Waals surface area contributed by atoms with Gasteiger partial charge < -0.3 is 5.11 Å². The summed E-state index contributed by atoms with van der Waals surface area (Å²) < 4.78 is 0. The maximum Gasteiger partial charge on any atom is 0.0462 e. The monoisotopic (exact) mass is 512 g/mol. The Bertz CT molecular complexity index is 701. The molecule has 0 saturated heterocycles. The van der Waals surface area contributed by atoms with E-state index in [2.05, 4.69) is 66.5 Å². The van der Waals surface area contributed by atoms with E-state index in [1.807, 2.05) is 0 Å². The van der Waals surface area contributed by atoms with E-state index < -0.39 is 0 Å². The van der Waals surface area contributed by atoms with Gasteiger partial charge in [0, 0.05) is 6.61 Å². The lowest BCUT2D eigenvalue weighted by atomic mass is 9.63. The molecule has 0 heterocycles. The van der Waals surface area contributed by atoms with Gasteiger partial charge in [0.2, 0.25) is 0 Å². The zero-order valence-corrected chi connectivity index (χ0v) is 25.9. The summed E-state index contributed by atoms with van der Waals surface area (Å²) in [4.78, 5) is 0. The highest BCUT2D eigenvalue weighted by molar-refractivity contribution is 5.08. The first-order chi connectivity index (χ1) is 17.8. The summed E-state index contributed by atoms with van der Waals surface area (Å²) in [7, 11) is 0. The number of allylic oxidation sites excluding steroid dienone is 2. The summed E-state index contributed by atoms with van der Waals surface area (Å²) in [6, 6.07) is 0. The van der Waals surface area contributed by atoms with E-state index in [-0.39, 0.29) is 5.41 Å². The maximum atomic E-state index is 10.8. The van der Waals surface area contributed by atoms with Gasteiger partial charge in [-0.1, -0.05) is 112 Å². The average Bonchev–Trinajstić information content (AvgIpc) is 2.96. The van der Waals surface area contributed by atoms with Crippen LogP contribution < -0.4 is 0 Å². The van der Waals surface area contributed by atoms with Crippen molar-refractivity contribution in [1.82, 2.24) is 0 Å². The number of rotatable bonds is 11. The molecule has 2 saturated carbocycles. The van der Waals surface area contributed by atoms with Crippen molar-refractivity contribution in [2.24, 2.45) is 52.8 Å². The van der Waals surface area contributed by atoms with Crippen LogP contribution in [-0.4, -0.2) is 11.7 Å². The van der Waals surface area contributed by atoms with Gasteiger partial charge in [0.25, 0.3) is 0 Å². The summed E-state index contributed by atoms with van der Waals surface area (Å²) in [6.45, 7) is 23.5. The molecule has 0 amide bonds. The molecule has 1 nitrogen and oxygen atoms in total. The van der Waals surface area contributed by atoms with Crippen molar-refractivity contribution in [3.05, 3.63) is 30.5 Å². The Morgan fingerprint density at radius 1 is 0.973 bits per heavy atom. The zero-order chi connectivity index (χ0) is 27.4. The third-order valence-electron chi connectivity index (χ3n) is 11.2. The van der Waals surface area contributed by atoms with E-state index in [9.17, 15) is 5.11 Å². The van der Waals surface area contributed by atoms with Crippen LogP contribution in [0.3, 0.4) is 0 Å². The Hall–Kier alpha value is -0.780. The fourth-order valence-corrected chi connectivity index (χ4v) is 8.77. The predicted molar refractivity (Wildman–Crippen MR) is 164 cm³/mol. The van der Waals surface area contributed by atoms with Gasteiger partial charge in [0.05, 0.1) is 0 Å². The number of fused-ring (bicyclic) bond motifs is 4. The first kappa shape index (κ1) is 32.4. The molecule has 2 rings (SSSR count). The Kier molecular flexibility index (Phi) is 14.3. The second kappa shape index (κ2) is 16.4. The molecule has 2 bridgehead atoms. The summed E-state index contributed by atoms with van der Waals surface area (Å²) in [5.74, 6) is 4.99. The van der Waals surface area contributed by atoms with E-state index in [1.165, 1.54) is 95.5 Å². The molecule has 2 aliphatic rings. The predicted octanol–water partition coefficient (Wildman–Crippen LogP) is 10.8. The Morgan fingerprint density at radius 3 is 2.24 bits per heavy atom. The Morgan fingerprint density at radius 2 is 1.65 bits per heavy atom. The van der Waals surface area contributed by atoms with Crippen LogP contribution in [0.15, 0.2) is 30.5 Å². The first-order valence-corrected chi connectivity index (χ1v) is 16.4. The third-order valence-corrected chi connectivity index (χ3v) is 11.2. The van der Waals surface area contributed by atoms with Gasteiger partial charge in [-0.2, -0.15) is 0 Å². The summed E-state index contributed by atoms with van der Waals surface area (Å²) in [5, 5.41) is 10.8. The molecule has 9 unspecified atom stereocenters. The molecule has 214 valence electrons. The molecule has 1 N–H and O–H groups in total. The van der Waals surface area contributed by atoms with Crippen molar-refractivity contribution in [2.75, 3.05) is 6.61 Å². The lowest BCUT2D eigenvalue weighted by Gasteiger charge is -2.41. The van der Waals surface area contributed by atoms with E-state index in [4.69, 9.17) is 0 Å². The van der Waals surface area contributed by atoms with Gasteiger partial charge in [-0.3, -0.25) is 0 Å². The minimum Gasteiger partial charge on any atom is -0.396 e.